The summed E-state index contributed by atoms with van der Waals surface area (Å²) in [6.45, 7) is 1.10. The van der Waals surface area contributed by atoms with E-state index < -0.39 is 60.4 Å². The minimum atomic E-state index is -1.49. The van der Waals surface area contributed by atoms with E-state index in [0.717, 1.165) is 0 Å². The normalized spacial score (nSPS) is 19.4. The van der Waals surface area contributed by atoms with Crippen LogP contribution in [0.3, 0.4) is 0 Å². The quantitative estimate of drug-likeness (QED) is 0.217. The molecule has 1 heterocycles. The Balaban J connectivity index is 2.60. The van der Waals surface area contributed by atoms with E-state index in [1.165, 1.54) is 11.8 Å². The van der Waals surface area contributed by atoms with Crippen LogP contribution in [0.1, 0.15) is 32.6 Å². The van der Waals surface area contributed by atoms with E-state index in [1.807, 2.05) is 0 Å². The zero-order valence-electron chi connectivity index (χ0n) is 15.6. The number of amides is 4. The van der Waals surface area contributed by atoms with Gasteiger partial charge in [0.25, 0.3) is 0 Å². The van der Waals surface area contributed by atoms with Crippen LogP contribution in [0, 0.1) is 0 Å². The van der Waals surface area contributed by atoms with Crippen molar-refractivity contribution in [2.75, 3.05) is 13.1 Å². The van der Waals surface area contributed by atoms with Gasteiger partial charge in [-0.25, -0.2) is 4.79 Å². The van der Waals surface area contributed by atoms with Crippen LogP contribution in [-0.2, 0) is 24.0 Å². The number of aliphatic hydroxyl groups excluding tert-OH is 1. The molecule has 0 aliphatic carbocycles. The van der Waals surface area contributed by atoms with E-state index in [-0.39, 0.29) is 19.4 Å². The summed E-state index contributed by atoms with van der Waals surface area (Å²) in [7, 11) is 0. The maximum atomic E-state index is 12.4. The van der Waals surface area contributed by atoms with Crippen LogP contribution >= 0.6 is 0 Å². The van der Waals surface area contributed by atoms with Crippen LogP contribution in [-0.4, -0.2) is 82.0 Å². The number of nitrogens with one attached hydrogen (secondary N) is 2. The highest BCUT2D eigenvalue weighted by atomic mass is 16.4. The molecule has 0 spiro atoms. The summed E-state index contributed by atoms with van der Waals surface area (Å²) in [5.41, 5.74) is 10.6. The van der Waals surface area contributed by atoms with Crippen LogP contribution in [0.15, 0.2) is 0 Å². The second-order valence-electron chi connectivity index (χ2n) is 6.64. The van der Waals surface area contributed by atoms with Crippen LogP contribution in [0.2, 0.25) is 0 Å². The smallest absolute Gasteiger partial charge is 0.328 e. The second-order valence-corrected chi connectivity index (χ2v) is 6.64. The van der Waals surface area contributed by atoms with E-state index in [0.29, 0.717) is 12.8 Å². The van der Waals surface area contributed by atoms with Crippen LogP contribution in [0.5, 0.6) is 0 Å². The Kier molecular flexibility index (Phi) is 8.79. The van der Waals surface area contributed by atoms with Crippen molar-refractivity contribution in [3.8, 4) is 0 Å². The lowest BCUT2D eigenvalue weighted by molar-refractivity contribution is -0.146. The molecule has 0 saturated carbocycles. The van der Waals surface area contributed by atoms with E-state index in [9.17, 15) is 29.1 Å². The van der Waals surface area contributed by atoms with Gasteiger partial charge < -0.3 is 37.2 Å². The molecule has 1 aliphatic rings. The maximum Gasteiger partial charge on any atom is 0.328 e. The number of carbonyl (C=O) groups excluding carboxylic acids is 4. The first-order valence-corrected chi connectivity index (χ1v) is 8.87. The predicted molar refractivity (Wildman–Crippen MR) is 95.4 cm³/mol. The fourth-order valence-electron chi connectivity index (χ4n) is 2.80. The van der Waals surface area contributed by atoms with Gasteiger partial charge in [-0.2, -0.15) is 0 Å². The third-order valence-corrected chi connectivity index (χ3v) is 4.37. The van der Waals surface area contributed by atoms with Crippen molar-refractivity contribution < 1.29 is 34.2 Å². The number of hydrogen-bond donors (Lipinski definition) is 6. The number of nitrogens with zero attached hydrogens (tertiary/aromatic N) is 1. The molecule has 4 atom stereocenters. The summed E-state index contributed by atoms with van der Waals surface area (Å²) in [5, 5.41) is 23.1. The number of likely N-dealkylation sites (tertiary alicyclic amines) is 1. The number of nitrogens with two attached hydrogens (primary N) is 2. The van der Waals surface area contributed by atoms with Gasteiger partial charge in [-0.1, -0.05) is 0 Å². The molecule has 1 aliphatic heterocycles. The van der Waals surface area contributed by atoms with Crippen molar-refractivity contribution in [2.45, 2.75) is 56.8 Å². The number of aliphatic hydroxyl groups is 1. The first-order chi connectivity index (χ1) is 13.0. The van der Waals surface area contributed by atoms with Crippen LogP contribution in [0.4, 0.5) is 0 Å². The number of primary amides is 1. The molecule has 0 aromatic heterocycles. The van der Waals surface area contributed by atoms with Crippen molar-refractivity contribution in [2.24, 2.45) is 11.5 Å². The fraction of sp³-hybridized carbons (Fsp3) is 0.688. The molecule has 12 nitrogen and oxygen atoms in total. The first kappa shape index (κ1) is 23.3. The number of carboxylic acid groups (broad SMARTS) is 1. The monoisotopic (exact) mass is 401 g/mol. The van der Waals surface area contributed by atoms with Crippen molar-refractivity contribution in [3.05, 3.63) is 0 Å². The number of carbonyl (C=O) groups is 5. The van der Waals surface area contributed by atoms with E-state index in [4.69, 9.17) is 16.6 Å². The average Bonchev–Trinajstić information content (AvgIpc) is 3.10. The van der Waals surface area contributed by atoms with Gasteiger partial charge in [0.05, 0.1) is 18.7 Å². The molecule has 1 fully saturated rings. The highest BCUT2D eigenvalue weighted by molar-refractivity contribution is 5.93. The molecular formula is C16H27N5O7. The molecule has 0 aromatic rings. The molecule has 8 N–H and O–H groups in total. The molecule has 4 amide bonds. The standard InChI is InChI=1S/C16H27N5O7/c1-8(22)13(16(27)28)20-15(26)10-3-2-6-21(10)12(24)7-19-14(25)9(17)4-5-11(18)23/h8-10,13,22H,2-7,17H2,1H3,(H2,18,23)(H,19,25)(H,20,26)(H,27,28). The van der Waals surface area contributed by atoms with Gasteiger partial charge in [0.2, 0.25) is 23.6 Å². The molecule has 0 radical (unpaired) electrons. The minimum Gasteiger partial charge on any atom is -0.480 e. The molecule has 1 saturated heterocycles. The zero-order valence-corrected chi connectivity index (χ0v) is 15.6. The summed E-state index contributed by atoms with van der Waals surface area (Å²) in [5.74, 6) is -3.84. The van der Waals surface area contributed by atoms with Crippen molar-refractivity contribution in [1.29, 1.82) is 0 Å². The Bertz CT molecular complexity index is 625. The van der Waals surface area contributed by atoms with Crippen LogP contribution < -0.4 is 22.1 Å². The largest absolute Gasteiger partial charge is 0.480 e. The Morgan fingerprint density at radius 3 is 2.43 bits per heavy atom. The third kappa shape index (κ3) is 6.78. The van der Waals surface area contributed by atoms with Gasteiger partial charge in [0, 0.05) is 13.0 Å². The lowest BCUT2D eigenvalue weighted by atomic mass is 10.1. The number of aliphatic carboxylic acids is 1. The Morgan fingerprint density at radius 2 is 1.89 bits per heavy atom. The van der Waals surface area contributed by atoms with Crippen LogP contribution in [0.25, 0.3) is 0 Å². The summed E-state index contributed by atoms with van der Waals surface area (Å²) in [6.07, 6.45) is -0.475. The minimum absolute atomic E-state index is 0.0417. The van der Waals surface area contributed by atoms with Crippen molar-refractivity contribution in [1.82, 2.24) is 15.5 Å². The molecule has 158 valence electrons. The Hall–Kier alpha value is -2.73. The lowest BCUT2D eigenvalue weighted by Crippen LogP contribution is -2.55. The SMILES string of the molecule is CC(O)C(NC(=O)C1CCCN1C(=O)CNC(=O)C(N)CCC(N)=O)C(=O)O. The van der Waals surface area contributed by atoms with Crippen molar-refractivity contribution in [3.63, 3.8) is 0 Å². The fourth-order valence-corrected chi connectivity index (χ4v) is 2.80. The molecule has 4 unspecified atom stereocenters. The van der Waals surface area contributed by atoms with Crippen molar-refractivity contribution >= 4 is 29.6 Å². The molecule has 12 heteroatoms. The molecule has 1 rings (SSSR count). The van der Waals surface area contributed by atoms with Gasteiger partial charge >= 0.3 is 5.97 Å². The van der Waals surface area contributed by atoms with Gasteiger partial charge in [0.15, 0.2) is 6.04 Å². The Labute approximate surface area is 161 Å². The third-order valence-electron chi connectivity index (χ3n) is 4.37. The molecule has 0 bridgehead atoms. The predicted octanol–water partition coefficient (Wildman–Crippen LogP) is -3.36. The summed E-state index contributed by atoms with van der Waals surface area (Å²) in [6, 6.07) is -3.39. The number of hydrogen-bond acceptors (Lipinski definition) is 7. The zero-order chi connectivity index (χ0) is 21.4. The first-order valence-electron chi connectivity index (χ1n) is 8.87. The number of rotatable bonds is 10. The second kappa shape index (κ2) is 10.6. The van der Waals surface area contributed by atoms with Gasteiger partial charge in [-0.3, -0.25) is 19.2 Å². The van der Waals surface area contributed by atoms with E-state index >= 15 is 0 Å². The maximum absolute atomic E-state index is 12.4. The molecular weight excluding hydrogens is 374 g/mol. The average molecular weight is 401 g/mol. The van der Waals surface area contributed by atoms with E-state index in [2.05, 4.69) is 10.6 Å². The van der Waals surface area contributed by atoms with E-state index in [1.54, 1.807) is 0 Å². The highest BCUT2D eigenvalue weighted by Gasteiger charge is 2.36. The Morgan fingerprint density at radius 1 is 1.25 bits per heavy atom. The number of carboxylic acids is 1. The topological polar surface area (TPSA) is 205 Å². The van der Waals surface area contributed by atoms with Gasteiger partial charge in [-0.15, -0.1) is 0 Å². The van der Waals surface area contributed by atoms with Gasteiger partial charge in [0.1, 0.15) is 6.04 Å². The summed E-state index contributed by atoms with van der Waals surface area (Å²) >= 11 is 0. The summed E-state index contributed by atoms with van der Waals surface area (Å²) < 4.78 is 0. The lowest BCUT2D eigenvalue weighted by Gasteiger charge is -2.26. The summed E-state index contributed by atoms with van der Waals surface area (Å²) in [4.78, 5) is 59.6. The highest BCUT2D eigenvalue weighted by Crippen LogP contribution is 2.17. The molecule has 28 heavy (non-hydrogen) atoms. The van der Waals surface area contributed by atoms with Gasteiger partial charge in [-0.05, 0) is 26.2 Å². The molecule has 0 aromatic carbocycles.